The van der Waals surface area contributed by atoms with Crippen LogP contribution in [0.3, 0.4) is 0 Å². The van der Waals surface area contributed by atoms with Gasteiger partial charge in [-0.15, -0.1) is 0 Å². The Kier molecular flexibility index (Phi) is 5.24. The van der Waals surface area contributed by atoms with Crippen LogP contribution in [0.15, 0.2) is 0 Å². The molecule has 1 amide bonds. The minimum atomic E-state index is -4.25. The fourth-order valence-corrected chi connectivity index (χ4v) is 2.41. The lowest BCUT2D eigenvalue weighted by Crippen LogP contribution is -2.44. The summed E-state index contributed by atoms with van der Waals surface area (Å²) in [5.41, 5.74) is 5.08. The van der Waals surface area contributed by atoms with Gasteiger partial charge in [-0.1, -0.05) is 19.3 Å². The Morgan fingerprint density at radius 1 is 1.29 bits per heavy atom. The number of nitrogens with one attached hydrogen (secondary N) is 1. The minimum absolute atomic E-state index is 0.0131. The third-order valence-corrected chi connectivity index (χ3v) is 3.20. The second kappa shape index (κ2) is 6.23. The first kappa shape index (κ1) is 14.3. The van der Waals surface area contributed by atoms with Gasteiger partial charge in [0.25, 0.3) is 0 Å². The van der Waals surface area contributed by atoms with E-state index in [1.165, 1.54) is 0 Å². The highest BCUT2D eigenvalue weighted by molar-refractivity contribution is 5.74. The summed E-state index contributed by atoms with van der Waals surface area (Å²) in [5.74, 6) is -0.408. The van der Waals surface area contributed by atoms with Crippen molar-refractivity contribution in [2.75, 3.05) is 6.54 Å². The molecule has 0 radical (unpaired) electrons. The summed E-state index contributed by atoms with van der Waals surface area (Å²) in [6.07, 6.45) is 0.664. The fraction of sp³-hybridized carbons (Fsp3) is 0.909. The molecular formula is C11H19F3N2O. The Morgan fingerprint density at radius 3 is 2.35 bits per heavy atom. The molecule has 3 nitrogen and oxygen atoms in total. The Balaban J connectivity index is 2.49. The summed E-state index contributed by atoms with van der Waals surface area (Å²) in [4.78, 5) is 10.9. The summed E-state index contributed by atoms with van der Waals surface area (Å²) in [7, 11) is 0. The van der Waals surface area contributed by atoms with E-state index in [0.29, 0.717) is 0 Å². The SMILES string of the molecule is NC(=O)C[C@H](NCC(F)(F)F)C1CCCCC1. The van der Waals surface area contributed by atoms with Gasteiger partial charge in [-0.2, -0.15) is 13.2 Å². The van der Waals surface area contributed by atoms with Gasteiger partial charge in [0, 0.05) is 12.5 Å². The number of alkyl halides is 3. The summed E-state index contributed by atoms with van der Waals surface area (Å²) in [5, 5.41) is 2.43. The van der Waals surface area contributed by atoms with Gasteiger partial charge in [-0.05, 0) is 18.8 Å². The monoisotopic (exact) mass is 252 g/mol. The molecule has 0 aliphatic heterocycles. The molecule has 3 N–H and O–H groups in total. The molecule has 1 saturated carbocycles. The third-order valence-electron chi connectivity index (χ3n) is 3.20. The van der Waals surface area contributed by atoms with Crippen LogP contribution in [0.5, 0.6) is 0 Å². The minimum Gasteiger partial charge on any atom is -0.370 e. The van der Waals surface area contributed by atoms with Crippen LogP contribution in [0.1, 0.15) is 38.5 Å². The highest BCUT2D eigenvalue weighted by Crippen LogP contribution is 2.28. The van der Waals surface area contributed by atoms with E-state index in [1.807, 2.05) is 0 Å². The number of amides is 1. The first-order valence-electron chi connectivity index (χ1n) is 5.97. The number of rotatable bonds is 5. The van der Waals surface area contributed by atoms with Gasteiger partial charge in [0.15, 0.2) is 0 Å². The molecule has 6 heteroatoms. The van der Waals surface area contributed by atoms with Crippen LogP contribution < -0.4 is 11.1 Å². The van der Waals surface area contributed by atoms with Gasteiger partial charge in [0.1, 0.15) is 0 Å². The molecule has 0 aromatic carbocycles. The van der Waals surface area contributed by atoms with E-state index in [1.54, 1.807) is 0 Å². The van der Waals surface area contributed by atoms with E-state index in [0.717, 1.165) is 32.1 Å². The lowest BCUT2D eigenvalue weighted by atomic mass is 9.82. The van der Waals surface area contributed by atoms with Crippen molar-refractivity contribution >= 4 is 5.91 Å². The van der Waals surface area contributed by atoms with Crippen molar-refractivity contribution < 1.29 is 18.0 Å². The molecule has 0 saturated heterocycles. The predicted octanol–water partition coefficient (Wildman–Crippen LogP) is 1.96. The quantitative estimate of drug-likeness (QED) is 0.786. The molecule has 1 atom stereocenters. The van der Waals surface area contributed by atoms with Crippen LogP contribution in [0.25, 0.3) is 0 Å². The number of nitrogens with two attached hydrogens (primary N) is 1. The second-order valence-electron chi connectivity index (χ2n) is 4.67. The van der Waals surface area contributed by atoms with Crippen molar-refractivity contribution in [1.29, 1.82) is 0 Å². The highest BCUT2D eigenvalue weighted by atomic mass is 19.4. The second-order valence-corrected chi connectivity index (χ2v) is 4.67. The van der Waals surface area contributed by atoms with Gasteiger partial charge in [0.05, 0.1) is 6.54 Å². The summed E-state index contributed by atoms with van der Waals surface area (Å²) in [6, 6.07) is -0.436. The van der Waals surface area contributed by atoms with E-state index in [4.69, 9.17) is 5.73 Å². The fourth-order valence-electron chi connectivity index (χ4n) is 2.41. The number of halogens is 3. The van der Waals surface area contributed by atoms with Gasteiger partial charge >= 0.3 is 6.18 Å². The number of hydrogen-bond donors (Lipinski definition) is 2. The van der Waals surface area contributed by atoms with Crippen molar-refractivity contribution in [3.05, 3.63) is 0 Å². The first-order chi connectivity index (χ1) is 7.88. The number of carbonyl (C=O) groups is 1. The smallest absolute Gasteiger partial charge is 0.370 e. The molecule has 1 rings (SSSR count). The van der Waals surface area contributed by atoms with Gasteiger partial charge in [-0.25, -0.2) is 0 Å². The molecule has 1 aliphatic carbocycles. The van der Waals surface area contributed by atoms with E-state index < -0.39 is 24.7 Å². The standard InChI is InChI=1S/C11H19F3N2O/c12-11(13,14)7-16-9(6-10(15)17)8-4-2-1-3-5-8/h8-9,16H,1-7H2,(H2,15,17)/t9-/m0/s1. The Hall–Kier alpha value is -0.780. The molecule has 17 heavy (non-hydrogen) atoms. The molecule has 1 aliphatic rings. The maximum absolute atomic E-state index is 12.1. The summed E-state index contributed by atoms with van der Waals surface area (Å²) >= 11 is 0. The molecule has 0 heterocycles. The summed E-state index contributed by atoms with van der Waals surface area (Å²) < 4.78 is 36.4. The molecule has 0 aromatic rings. The number of hydrogen-bond acceptors (Lipinski definition) is 2. The zero-order chi connectivity index (χ0) is 12.9. The topological polar surface area (TPSA) is 55.1 Å². The molecule has 0 aromatic heterocycles. The zero-order valence-electron chi connectivity index (χ0n) is 9.72. The average molecular weight is 252 g/mol. The van der Waals surface area contributed by atoms with E-state index in [-0.39, 0.29) is 12.3 Å². The van der Waals surface area contributed by atoms with Crippen LogP contribution in [-0.4, -0.2) is 24.7 Å². The molecule has 0 spiro atoms. The van der Waals surface area contributed by atoms with Gasteiger partial charge in [0.2, 0.25) is 5.91 Å². The lowest BCUT2D eigenvalue weighted by Gasteiger charge is -2.30. The van der Waals surface area contributed by atoms with Crippen LogP contribution in [0.4, 0.5) is 13.2 Å². The number of carbonyl (C=O) groups excluding carboxylic acids is 1. The molecule has 1 fully saturated rings. The maximum Gasteiger partial charge on any atom is 0.401 e. The van der Waals surface area contributed by atoms with Crippen molar-refractivity contribution in [2.24, 2.45) is 11.7 Å². The van der Waals surface area contributed by atoms with E-state index >= 15 is 0 Å². The maximum atomic E-state index is 12.1. The zero-order valence-corrected chi connectivity index (χ0v) is 9.72. The van der Waals surface area contributed by atoms with Gasteiger partial charge in [-0.3, -0.25) is 4.79 Å². The van der Waals surface area contributed by atoms with Crippen LogP contribution in [-0.2, 0) is 4.79 Å². The summed E-state index contributed by atoms with van der Waals surface area (Å²) in [6.45, 7) is -1.05. The predicted molar refractivity (Wildman–Crippen MR) is 58.2 cm³/mol. The normalized spacial score (nSPS) is 20.2. The van der Waals surface area contributed by atoms with Crippen molar-refractivity contribution in [1.82, 2.24) is 5.32 Å². The Morgan fingerprint density at radius 2 is 1.88 bits per heavy atom. The van der Waals surface area contributed by atoms with Crippen LogP contribution in [0, 0.1) is 5.92 Å². The first-order valence-corrected chi connectivity index (χ1v) is 5.97. The van der Waals surface area contributed by atoms with E-state index in [9.17, 15) is 18.0 Å². The van der Waals surface area contributed by atoms with Crippen LogP contribution in [0.2, 0.25) is 0 Å². The molecule has 0 bridgehead atoms. The highest BCUT2D eigenvalue weighted by Gasteiger charge is 2.31. The molecule has 100 valence electrons. The van der Waals surface area contributed by atoms with E-state index in [2.05, 4.69) is 5.32 Å². The number of primary amides is 1. The van der Waals surface area contributed by atoms with Crippen LogP contribution >= 0.6 is 0 Å². The Labute approximate surface area is 98.9 Å². The lowest BCUT2D eigenvalue weighted by molar-refractivity contribution is -0.129. The van der Waals surface area contributed by atoms with Crippen molar-refractivity contribution in [3.63, 3.8) is 0 Å². The Bertz CT molecular complexity index is 250. The molecule has 0 unspecified atom stereocenters. The van der Waals surface area contributed by atoms with Gasteiger partial charge < -0.3 is 11.1 Å². The largest absolute Gasteiger partial charge is 0.401 e. The van der Waals surface area contributed by atoms with Crippen molar-refractivity contribution in [2.45, 2.75) is 50.7 Å². The molecular weight excluding hydrogens is 233 g/mol. The third kappa shape index (κ3) is 5.91. The average Bonchev–Trinajstić information content (AvgIpc) is 2.24. The van der Waals surface area contributed by atoms with Crippen molar-refractivity contribution in [3.8, 4) is 0 Å².